The largest absolute Gasteiger partial charge is 0.467 e. The second-order valence-electron chi connectivity index (χ2n) is 5.56. The number of aryl methyl sites for hydroxylation is 1. The van der Waals surface area contributed by atoms with Crippen LogP contribution >= 0.6 is 0 Å². The summed E-state index contributed by atoms with van der Waals surface area (Å²) in [7, 11) is 1.57. The number of carbonyl (C=O) groups is 1. The van der Waals surface area contributed by atoms with Crippen LogP contribution in [0.25, 0.3) is 5.69 Å². The molecule has 0 bridgehead atoms. The number of nitrogens with one attached hydrogen (secondary N) is 2. The Morgan fingerprint density at radius 1 is 1.32 bits per heavy atom. The van der Waals surface area contributed by atoms with Crippen molar-refractivity contribution in [2.45, 2.75) is 13.0 Å². The number of hydrogen-bond donors (Lipinski definition) is 2. The highest BCUT2D eigenvalue weighted by Gasteiger charge is 2.17. The van der Waals surface area contributed by atoms with Crippen LogP contribution in [-0.4, -0.2) is 29.5 Å². The third-order valence-corrected chi connectivity index (χ3v) is 3.71. The van der Waals surface area contributed by atoms with E-state index in [0.29, 0.717) is 18.1 Å². The van der Waals surface area contributed by atoms with Crippen LogP contribution < -0.4 is 10.6 Å². The van der Waals surface area contributed by atoms with Crippen molar-refractivity contribution in [2.75, 3.05) is 19.0 Å². The Kier molecular flexibility index (Phi) is 5.15. The number of furan rings is 1. The second-order valence-corrected chi connectivity index (χ2v) is 5.56. The molecule has 25 heavy (non-hydrogen) atoms. The summed E-state index contributed by atoms with van der Waals surface area (Å²) in [6.07, 6.45) is 3.30. The Balaban J connectivity index is 1.69. The van der Waals surface area contributed by atoms with Crippen LogP contribution in [-0.2, 0) is 4.74 Å². The van der Waals surface area contributed by atoms with E-state index >= 15 is 0 Å². The number of urea groups is 1. The van der Waals surface area contributed by atoms with Crippen molar-refractivity contribution in [2.24, 2.45) is 0 Å². The highest BCUT2D eigenvalue weighted by atomic mass is 16.5. The fourth-order valence-corrected chi connectivity index (χ4v) is 2.53. The second kappa shape index (κ2) is 7.67. The maximum atomic E-state index is 12.3. The Morgan fingerprint density at radius 3 is 2.88 bits per heavy atom. The minimum atomic E-state index is -0.364. The standard InChI is InChI=1S/C18H20N4O3/c1-13-8-9-19-22(13)15-6-3-5-14(11-15)20-18(23)21-16(12-24-2)17-7-4-10-25-17/h3-11,16H,12H2,1-2H3,(H2,20,21,23)/t16-/m1/s1. The first-order valence-electron chi connectivity index (χ1n) is 7.88. The zero-order valence-electron chi connectivity index (χ0n) is 14.1. The topological polar surface area (TPSA) is 81.3 Å². The minimum absolute atomic E-state index is 0.313. The third kappa shape index (κ3) is 4.07. The fraction of sp³-hybridized carbons (Fsp3) is 0.222. The van der Waals surface area contributed by atoms with Crippen LogP contribution in [0.3, 0.4) is 0 Å². The fourth-order valence-electron chi connectivity index (χ4n) is 2.53. The van der Waals surface area contributed by atoms with Crippen LogP contribution in [0.2, 0.25) is 0 Å². The normalized spacial score (nSPS) is 11.9. The van der Waals surface area contributed by atoms with E-state index in [2.05, 4.69) is 15.7 Å². The summed E-state index contributed by atoms with van der Waals surface area (Å²) in [5, 5.41) is 9.94. The monoisotopic (exact) mass is 340 g/mol. The quantitative estimate of drug-likeness (QED) is 0.721. The van der Waals surface area contributed by atoms with Crippen LogP contribution in [0.5, 0.6) is 0 Å². The lowest BCUT2D eigenvalue weighted by Gasteiger charge is -2.16. The van der Waals surface area contributed by atoms with Crippen LogP contribution in [0.15, 0.2) is 59.3 Å². The van der Waals surface area contributed by atoms with Crippen molar-refractivity contribution in [3.63, 3.8) is 0 Å². The summed E-state index contributed by atoms with van der Waals surface area (Å²) in [5.41, 5.74) is 2.56. The SMILES string of the molecule is COC[C@@H](NC(=O)Nc1cccc(-n2nccc2C)c1)c1ccco1. The molecule has 0 unspecified atom stereocenters. The number of aromatic nitrogens is 2. The zero-order valence-corrected chi connectivity index (χ0v) is 14.1. The van der Waals surface area contributed by atoms with Gasteiger partial charge >= 0.3 is 6.03 Å². The average molecular weight is 340 g/mol. The van der Waals surface area contributed by atoms with Gasteiger partial charge in [0.25, 0.3) is 0 Å². The molecule has 130 valence electrons. The van der Waals surface area contributed by atoms with Gasteiger partial charge in [-0.1, -0.05) is 6.07 Å². The number of hydrogen-bond acceptors (Lipinski definition) is 4. The first-order valence-corrected chi connectivity index (χ1v) is 7.88. The molecule has 0 saturated carbocycles. The van der Waals surface area contributed by atoms with Gasteiger partial charge in [-0.3, -0.25) is 0 Å². The number of anilines is 1. The molecule has 3 rings (SSSR count). The maximum absolute atomic E-state index is 12.3. The van der Waals surface area contributed by atoms with Crippen molar-refractivity contribution in [3.05, 3.63) is 66.4 Å². The number of carbonyl (C=O) groups excluding carboxylic acids is 1. The molecule has 0 aliphatic carbocycles. The Bertz CT molecular complexity index is 826. The van der Waals surface area contributed by atoms with E-state index in [1.807, 2.05) is 37.3 Å². The van der Waals surface area contributed by atoms with Gasteiger partial charge in [0, 0.05) is 24.7 Å². The van der Waals surface area contributed by atoms with Crippen molar-refractivity contribution in [1.82, 2.24) is 15.1 Å². The number of ether oxygens (including phenoxy) is 1. The molecule has 0 fully saturated rings. The number of amides is 2. The van der Waals surface area contributed by atoms with E-state index in [1.165, 1.54) is 0 Å². The van der Waals surface area contributed by atoms with E-state index < -0.39 is 0 Å². The molecule has 2 N–H and O–H groups in total. The molecule has 2 amide bonds. The predicted octanol–water partition coefficient (Wildman–Crippen LogP) is 3.28. The van der Waals surface area contributed by atoms with Crippen molar-refractivity contribution < 1.29 is 13.9 Å². The molecule has 0 radical (unpaired) electrons. The Labute approximate surface area is 145 Å². The van der Waals surface area contributed by atoms with Crippen molar-refractivity contribution >= 4 is 11.7 Å². The van der Waals surface area contributed by atoms with Crippen LogP contribution in [0.1, 0.15) is 17.5 Å². The molecular weight excluding hydrogens is 320 g/mol. The number of benzene rings is 1. The van der Waals surface area contributed by atoms with Crippen LogP contribution in [0.4, 0.5) is 10.5 Å². The highest BCUT2D eigenvalue weighted by molar-refractivity contribution is 5.89. The molecule has 1 aromatic carbocycles. The lowest BCUT2D eigenvalue weighted by molar-refractivity contribution is 0.159. The minimum Gasteiger partial charge on any atom is -0.467 e. The molecule has 0 saturated heterocycles. The summed E-state index contributed by atoms with van der Waals surface area (Å²) in [6.45, 7) is 2.28. The summed E-state index contributed by atoms with van der Waals surface area (Å²) in [6, 6.07) is 12.3. The van der Waals surface area contributed by atoms with Gasteiger partial charge in [-0.05, 0) is 43.3 Å². The molecule has 7 nitrogen and oxygen atoms in total. The van der Waals surface area contributed by atoms with Crippen molar-refractivity contribution in [3.8, 4) is 5.69 Å². The number of methoxy groups -OCH3 is 1. The first kappa shape index (κ1) is 16.8. The smallest absolute Gasteiger partial charge is 0.319 e. The van der Waals surface area contributed by atoms with E-state index in [9.17, 15) is 4.79 Å². The van der Waals surface area contributed by atoms with Gasteiger partial charge in [0.1, 0.15) is 11.8 Å². The van der Waals surface area contributed by atoms with Gasteiger partial charge in [-0.25, -0.2) is 9.48 Å². The summed E-state index contributed by atoms with van der Waals surface area (Å²) in [5.74, 6) is 0.637. The summed E-state index contributed by atoms with van der Waals surface area (Å²) in [4.78, 5) is 12.3. The van der Waals surface area contributed by atoms with Gasteiger partial charge in [0.2, 0.25) is 0 Å². The molecule has 2 aromatic heterocycles. The van der Waals surface area contributed by atoms with Gasteiger partial charge in [0.05, 0.1) is 18.6 Å². The lowest BCUT2D eigenvalue weighted by Crippen LogP contribution is -2.34. The predicted molar refractivity (Wildman–Crippen MR) is 93.8 cm³/mol. The Morgan fingerprint density at radius 2 is 2.20 bits per heavy atom. The van der Waals surface area contributed by atoms with E-state index in [1.54, 1.807) is 36.4 Å². The maximum Gasteiger partial charge on any atom is 0.319 e. The van der Waals surface area contributed by atoms with E-state index in [0.717, 1.165) is 11.4 Å². The molecule has 2 heterocycles. The average Bonchev–Trinajstić information content (AvgIpc) is 3.26. The van der Waals surface area contributed by atoms with Crippen LogP contribution in [0, 0.1) is 6.92 Å². The van der Waals surface area contributed by atoms with E-state index in [4.69, 9.17) is 9.15 Å². The first-order chi connectivity index (χ1) is 12.2. The summed E-state index contributed by atoms with van der Waals surface area (Å²) < 4.78 is 12.3. The van der Waals surface area contributed by atoms with Gasteiger partial charge < -0.3 is 19.8 Å². The van der Waals surface area contributed by atoms with Gasteiger partial charge in [-0.15, -0.1) is 0 Å². The van der Waals surface area contributed by atoms with Gasteiger partial charge in [0.15, 0.2) is 0 Å². The zero-order chi connectivity index (χ0) is 17.6. The molecule has 0 aliphatic heterocycles. The molecule has 7 heteroatoms. The van der Waals surface area contributed by atoms with Gasteiger partial charge in [-0.2, -0.15) is 5.10 Å². The number of rotatable bonds is 6. The van der Waals surface area contributed by atoms with Crippen molar-refractivity contribution in [1.29, 1.82) is 0 Å². The molecule has 0 aliphatic rings. The Hall–Kier alpha value is -3.06. The molecule has 3 aromatic rings. The lowest BCUT2D eigenvalue weighted by atomic mass is 10.2. The van der Waals surface area contributed by atoms with E-state index in [-0.39, 0.29) is 12.1 Å². The molecule has 0 spiro atoms. The molecular formula is C18H20N4O3. The third-order valence-electron chi connectivity index (χ3n) is 3.71. The molecule has 1 atom stereocenters. The summed E-state index contributed by atoms with van der Waals surface area (Å²) >= 11 is 0. The number of nitrogens with zero attached hydrogens (tertiary/aromatic N) is 2. The highest BCUT2D eigenvalue weighted by Crippen LogP contribution is 2.17.